The van der Waals surface area contributed by atoms with Gasteiger partial charge in [0.05, 0.1) is 6.61 Å². The first-order valence-corrected chi connectivity index (χ1v) is 4.17. The molecule has 0 rings (SSSR count). The Kier molecular flexibility index (Phi) is 8.70. The number of hydrogen-bond acceptors (Lipinski definition) is 3. The van der Waals surface area contributed by atoms with E-state index in [1.54, 1.807) is 13.8 Å². The molecule has 0 aliphatic heterocycles. The first kappa shape index (κ1) is 13.4. The molecule has 4 nitrogen and oxygen atoms in total. The van der Waals surface area contributed by atoms with Gasteiger partial charge >= 0.3 is 37.6 Å². The molecule has 0 aromatic carbocycles. The van der Waals surface area contributed by atoms with E-state index >= 15 is 0 Å². The van der Waals surface area contributed by atoms with Crippen molar-refractivity contribution in [2.24, 2.45) is 0 Å². The van der Waals surface area contributed by atoms with Crippen molar-refractivity contribution in [3.63, 3.8) is 0 Å². The summed E-state index contributed by atoms with van der Waals surface area (Å²) < 4.78 is 27.5. The van der Waals surface area contributed by atoms with Gasteiger partial charge in [0, 0.05) is 6.54 Å². The van der Waals surface area contributed by atoms with Gasteiger partial charge in [-0.05, 0) is 6.92 Å². The molecule has 0 heterocycles. The van der Waals surface area contributed by atoms with Gasteiger partial charge in [-0.1, -0.05) is 6.92 Å². The van der Waals surface area contributed by atoms with Crippen LogP contribution in [0.3, 0.4) is 0 Å². The van der Waals surface area contributed by atoms with E-state index in [0.29, 0.717) is 6.54 Å². The summed E-state index contributed by atoms with van der Waals surface area (Å²) in [6.45, 7) is 3.85. The molecule has 0 bridgehead atoms. The fourth-order valence-electron chi connectivity index (χ4n) is 0.374. The standard InChI is InChI=1S/C4H11NO3S.Pb.2H/c1-3-5-9(6,7)8-4-2;;;/h5H,3-4H2,1-2H3;;;. The Labute approximate surface area is 81.7 Å². The van der Waals surface area contributed by atoms with Crippen LogP contribution in [-0.2, 0) is 14.5 Å². The van der Waals surface area contributed by atoms with Gasteiger partial charge in [-0.25, -0.2) is 0 Å². The second kappa shape index (κ2) is 6.50. The van der Waals surface area contributed by atoms with Gasteiger partial charge in [-0.15, -0.1) is 0 Å². The third-order valence-corrected chi connectivity index (χ3v) is 1.78. The first-order chi connectivity index (χ1) is 4.12. The van der Waals surface area contributed by atoms with E-state index in [9.17, 15) is 8.42 Å². The van der Waals surface area contributed by atoms with Crippen LogP contribution in [-0.4, -0.2) is 48.9 Å². The van der Waals surface area contributed by atoms with Crippen molar-refractivity contribution in [2.75, 3.05) is 13.2 Å². The first-order valence-electron chi connectivity index (χ1n) is 2.76. The molecule has 0 spiro atoms. The van der Waals surface area contributed by atoms with Gasteiger partial charge in [-0.3, -0.25) is 4.18 Å². The molecule has 6 heteroatoms. The van der Waals surface area contributed by atoms with Crippen molar-refractivity contribution >= 4 is 37.6 Å². The van der Waals surface area contributed by atoms with Crippen LogP contribution in [0.25, 0.3) is 0 Å². The molecule has 0 amide bonds. The summed E-state index contributed by atoms with van der Waals surface area (Å²) in [6.07, 6.45) is 0. The molecule has 0 saturated carbocycles. The molecule has 0 aliphatic carbocycles. The maximum absolute atomic E-state index is 10.5. The molecule has 0 saturated heterocycles. The van der Waals surface area contributed by atoms with Crippen molar-refractivity contribution in [3.8, 4) is 0 Å². The molecule has 0 unspecified atom stereocenters. The normalized spacial score (nSPS) is 10.6. The van der Waals surface area contributed by atoms with E-state index in [1.807, 2.05) is 0 Å². The molecule has 10 heavy (non-hydrogen) atoms. The zero-order valence-electron chi connectivity index (χ0n) is 6.25. The van der Waals surface area contributed by atoms with Crippen molar-refractivity contribution in [2.45, 2.75) is 13.8 Å². The van der Waals surface area contributed by atoms with Crippen LogP contribution in [0.1, 0.15) is 13.8 Å². The van der Waals surface area contributed by atoms with Crippen LogP contribution in [0.15, 0.2) is 0 Å². The third-order valence-electron chi connectivity index (χ3n) is 0.594. The van der Waals surface area contributed by atoms with Gasteiger partial charge in [-0.2, -0.15) is 13.1 Å². The predicted molar refractivity (Wildman–Crippen MR) is 42.8 cm³/mol. The summed E-state index contributed by atoms with van der Waals surface area (Å²) in [5.74, 6) is 0. The Balaban J connectivity index is 0. The fourth-order valence-corrected chi connectivity index (χ4v) is 1.12. The Bertz CT molecular complexity index is 144. The zero-order valence-corrected chi connectivity index (χ0v) is 12.6. The average molecular weight is 362 g/mol. The van der Waals surface area contributed by atoms with Crippen LogP contribution in [0, 0.1) is 0 Å². The van der Waals surface area contributed by atoms with E-state index in [2.05, 4.69) is 8.91 Å². The minimum atomic E-state index is -3.43. The van der Waals surface area contributed by atoms with Gasteiger partial charge in [0.2, 0.25) is 0 Å². The van der Waals surface area contributed by atoms with E-state index < -0.39 is 10.3 Å². The zero-order chi connectivity index (χ0) is 7.33. The van der Waals surface area contributed by atoms with Gasteiger partial charge < -0.3 is 0 Å². The molecule has 2 radical (unpaired) electrons. The topological polar surface area (TPSA) is 55.4 Å². The molecule has 0 atom stereocenters. The van der Waals surface area contributed by atoms with E-state index in [1.165, 1.54) is 0 Å². The van der Waals surface area contributed by atoms with Gasteiger partial charge in [0.15, 0.2) is 0 Å². The summed E-state index contributed by atoms with van der Waals surface area (Å²) >= 11 is 0. The van der Waals surface area contributed by atoms with E-state index in [0.717, 1.165) is 0 Å². The van der Waals surface area contributed by atoms with Crippen molar-refractivity contribution < 1.29 is 12.6 Å². The van der Waals surface area contributed by atoms with E-state index in [-0.39, 0.29) is 33.9 Å². The van der Waals surface area contributed by atoms with Gasteiger partial charge in [0.25, 0.3) is 0 Å². The Hall–Kier alpha value is 0.792. The summed E-state index contributed by atoms with van der Waals surface area (Å²) in [7, 11) is -3.43. The second-order valence-corrected chi connectivity index (χ2v) is 2.79. The monoisotopic (exact) mass is 363 g/mol. The molecule has 0 aromatic heterocycles. The Morgan fingerprint density at radius 1 is 1.40 bits per heavy atom. The van der Waals surface area contributed by atoms with Crippen LogP contribution in [0.2, 0.25) is 0 Å². The Morgan fingerprint density at radius 3 is 2.20 bits per heavy atom. The summed E-state index contributed by atoms with van der Waals surface area (Å²) in [5, 5.41) is 0. The molecular weight excluding hydrogens is 349 g/mol. The molecule has 1 N–H and O–H groups in total. The second-order valence-electron chi connectivity index (χ2n) is 1.36. The maximum atomic E-state index is 10.5. The molecule has 0 aliphatic rings. The van der Waals surface area contributed by atoms with Gasteiger partial charge in [0.1, 0.15) is 0 Å². The predicted octanol–water partition coefficient (Wildman–Crippen LogP) is -1.04. The molecular formula is C4H13NO3PbS. The van der Waals surface area contributed by atoms with Crippen LogP contribution in [0.5, 0.6) is 0 Å². The van der Waals surface area contributed by atoms with Crippen molar-refractivity contribution in [1.29, 1.82) is 0 Å². The fraction of sp³-hybridized carbons (Fsp3) is 1.00. The van der Waals surface area contributed by atoms with Crippen molar-refractivity contribution in [1.82, 2.24) is 4.72 Å². The number of hydrogen-bond donors (Lipinski definition) is 1. The average Bonchev–Trinajstić information content (AvgIpc) is 1.64. The van der Waals surface area contributed by atoms with E-state index in [4.69, 9.17) is 0 Å². The molecule has 0 fully saturated rings. The summed E-state index contributed by atoms with van der Waals surface area (Å²) in [5.41, 5.74) is 0. The molecule has 0 aromatic rings. The van der Waals surface area contributed by atoms with Crippen molar-refractivity contribution in [3.05, 3.63) is 0 Å². The quantitative estimate of drug-likeness (QED) is 0.650. The third kappa shape index (κ3) is 6.91. The number of rotatable bonds is 4. The summed E-state index contributed by atoms with van der Waals surface area (Å²) in [4.78, 5) is 0. The SMILES string of the molecule is CCNS(=O)(=O)OCC.[PbH2]. The molecule has 62 valence electrons. The Morgan fingerprint density at radius 2 is 1.90 bits per heavy atom. The summed E-state index contributed by atoms with van der Waals surface area (Å²) in [6, 6.07) is 0. The number of nitrogens with one attached hydrogen (secondary N) is 1. The van der Waals surface area contributed by atoms with Crippen LogP contribution >= 0.6 is 0 Å². The van der Waals surface area contributed by atoms with Crippen LogP contribution < -0.4 is 4.72 Å². The minimum absolute atomic E-state index is 0. The van der Waals surface area contributed by atoms with Crippen LogP contribution in [0.4, 0.5) is 0 Å².